The summed E-state index contributed by atoms with van der Waals surface area (Å²) >= 11 is 3.37. The van der Waals surface area contributed by atoms with Gasteiger partial charge in [-0.3, -0.25) is 4.79 Å². The summed E-state index contributed by atoms with van der Waals surface area (Å²) in [6.07, 6.45) is 0. The van der Waals surface area contributed by atoms with Crippen LogP contribution in [0.3, 0.4) is 0 Å². The molecule has 116 valence electrons. The molecule has 0 radical (unpaired) electrons. The summed E-state index contributed by atoms with van der Waals surface area (Å²) in [5, 5.41) is 0. The maximum Gasteiger partial charge on any atom is 0.339 e. The second kappa shape index (κ2) is 6.22. The maximum absolute atomic E-state index is 12.4. The summed E-state index contributed by atoms with van der Waals surface area (Å²) in [4.78, 5) is 11.5. The van der Waals surface area contributed by atoms with Gasteiger partial charge in [-0.1, -0.05) is 28.1 Å². The molecule has 6 heteroatoms. The minimum Gasteiger partial charge on any atom is -0.379 e. The van der Waals surface area contributed by atoms with Crippen LogP contribution in [0.2, 0.25) is 0 Å². The number of carbonyl (C=O) groups is 1. The van der Waals surface area contributed by atoms with Crippen molar-refractivity contribution in [1.82, 2.24) is 0 Å². The summed E-state index contributed by atoms with van der Waals surface area (Å²) in [5.41, 5.74) is 1.78. The third-order valence-electron chi connectivity index (χ3n) is 3.17. The van der Waals surface area contributed by atoms with E-state index >= 15 is 0 Å². The van der Waals surface area contributed by atoms with Gasteiger partial charge in [0.25, 0.3) is 0 Å². The van der Waals surface area contributed by atoms with Gasteiger partial charge >= 0.3 is 10.1 Å². The second-order valence-corrected chi connectivity index (χ2v) is 7.36. The Morgan fingerprint density at radius 2 is 1.77 bits per heavy atom. The SMILES string of the molecule is CC(=O)c1cccc(OS(=O)(=O)c2cc(C)c(Br)cc2C)c1. The Morgan fingerprint density at radius 1 is 1.09 bits per heavy atom. The average Bonchev–Trinajstić information content (AvgIpc) is 2.42. The molecule has 0 saturated carbocycles. The van der Waals surface area contributed by atoms with Gasteiger partial charge in [-0.2, -0.15) is 8.42 Å². The fourth-order valence-electron chi connectivity index (χ4n) is 1.96. The topological polar surface area (TPSA) is 60.4 Å². The molecule has 0 saturated heterocycles. The third kappa shape index (κ3) is 3.56. The van der Waals surface area contributed by atoms with E-state index in [-0.39, 0.29) is 16.4 Å². The van der Waals surface area contributed by atoms with E-state index in [2.05, 4.69) is 15.9 Å². The fourth-order valence-corrected chi connectivity index (χ4v) is 3.64. The Labute approximate surface area is 138 Å². The quantitative estimate of drug-likeness (QED) is 0.591. The van der Waals surface area contributed by atoms with Gasteiger partial charge in [0.05, 0.1) is 0 Å². The Hall–Kier alpha value is -1.66. The first kappa shape index (κ1) is 16.7. The summed E-state index contributed by atoms with van der Waals surface area (Å²) in [5.74, 6) is -0.0359. The number of hydrogen-bond donors (Lipinski definition) is 0. The van der Waals surface area contributed by atoms with Crippen LogP contribution in [0.25, 0.3) is 0 Å². The van der Waals surface area contributed by atoms with Gasteiger partial charge in [-0.25, -0.2) is 0 Å². The fraction of sp³-hybridized carbons (Fsp3) is 0.188. The van der Waals surface area contributed by atoms with Crippen molar-refractivity contribution >= 4 is 31.8 Å². The molecule has 2 aromatic carbocycles. The second-order valence-electron chi connectivity index (χ2n) is 4.99. The first-order chi connectivity index (χ1) is 10.2. The van der Waals surface area contributed by atoms with Crippen LogP contribution < -0.4 is 4.18 Å². The van der Waals surface area contributed by atoms with E-state index in [4.69, 9.17) is 4.18 Å². The van der Waals surface area contributed by atoms with Crippen LogP contribution in [0, 0.1) is 13.8 Å². The first-order valence-corrected chi connectivity index (χ1v) is 8.73. The van der Waals surface area contributed by atoms with E-state index in [0.717, 1.165) is 10.0 Å². The molecule has 0 spiro atoms. The van der Waals surface area contributed by atoms with Crippen LogP contribution in [0.1, 0.15) is 28.4 Å². The van der Waals surface area contributed by atoms with Crippen molar-refractivity contribution in [3.05, 3.63) is 57.6 Å². The number of Topliss-reactive ketones (excluding diaryl/α,β-unsaturated/α-hetero) is 1. The number of ketones is 1. The molecule has 2 aromatic rings. The van der Waals surface area contributed by atoms with E-state index in [1.807, 2.05) is 0 Å². The summed E-state index contributed by atoms with van der Waals surface area (Å²) in [7, 11) is -3.96. The lowest BCUT2D eigenvalue weighted by Gasteiger charge is -2.11. The molecule has 0 atom stereocenters. The van der Waals surface area contributed by atoms with Crippen molar-refractivity contribution < 1.29 is 17.4 Å². The third-order valence-corrected chi connectivity index (χ3v) is 5.42. The minimum absolute atomic E-state index is 0.112. The van der Waals surface area contributed by atoms with E-state index in [0.29, 0.717) is 11.1 Å². The van der Waals surface area contributed by atoms with Gasteiger partial charge in [0.2, 0.25) is 0 Å². The van der Waals surface area contributed by atoms with Gasteiger partial charge < -0.3 is 4.18 Å². The molecule has 0 aliphatic carbocycles. The van der Waals surface area contributed by atoms with E-state index in [1.54, 1.807) is 38.1 Å². The molecular weight excluding hydrogens is 368 g/mol. The van der Waals surface area contributed by atoms with E-state index in [9.17, 15) is 13.2 Å². The minimum atomic E-state index is -3.96. The first-order valence-electron chi connectivity index (χ1n) is 6.53. The monoisotopic (exact) mass is 382 g/mol. The zero-order valence-electron chi connectivity index (χ0n) is 12.4. The summed E-state index contributed by atoms with van der Waals surface area (Å²) < 4.78 is 30.9. The standard InChI is InChI=1S/C16H15BrO4S/c1-10-8-16(11(2)7-15(10)17)22(19,20)21-14-6-4-5-13(9-14)12(3)18/h4-9H,1-3H3. The van der Waals surface area contributed by atoms with Crippen LogP contribution in [-0.4, -0.2) is 14.2 Å². The molecule has 0 fully saturated rings. The van der Waals surface area contributed by atoms with Crippen LogP contribution in [0.5, 0.6) is 5.75 Å². The van der Waals surface area contributed by atoms with Crippen molar-refractivity contribution in [2.75, 3.05) is 0 Å². The molecule has 0 aliphatic rings. The number of halogens is 1. The molecule has 0 unspecified atom stereocenters. The molecular formula is C16H15BrO4S. The van der Waals surface area contributed by atoms with Gasteiger partial charge in [0.15, 0.2) is 5.78 Å². The van der Waals surface area contributed by atoms with Crippen molar-refractivity contribution in [3.63, 3.8) is 0 Å². The zero-order valence-corrected chi connectivity index (χ0v) is 14.8. The largest absolute Gasteiger partial charge is 0.379 e. The van der Waals surface area contributed by atoms with E-state index < -0.39 is 10.1 Å². The van der Waals surface area contributed by atoms with Crippen molar-refractivity contribution in [2.24, 2.45) is 0 Å². The van der Waals surface area contributed by atoms with Crippen molar-refractivity contribution in [1.29, 1.82) is 0 Å². The Morgan fingerprint density at radius 3 is 2.41 bits per heavy atom. The molecule has 4 nitrogen and oxygen atoms in total. The maximum atomic E-state index is 12.4. The zero-order chi connectivity index (χ0) is 16.5. The molecule has 0 N–H and O–H groups in total. The molecule has 2 rings (SSSR count). The number of benzene rings is 2. The predicted octanol–water partition coefficient (Wildman–Crippen LogP) is 4.04. The molecule has 0 bridgehead atoms. The smallest absolute Gasteiger partial charge is 0.339 e. The molecule has 0 aromatic heterocycles. The van der Waals surface area contributed by atoms with Crippen molar-refractivity contribution in [2.45, 2.75) is 25.7 Å². The lowest BCUT2D eigenvalue weighted by molar-refractivity contribution is 0.101. The Kier molecular flexibility index (Phi) is 4.72. The predicted molar refractivity (Wildman–Crippen MR) is 87.9 cm³/mol. The normalized spacial score (nSPS) is 11.3. The van der Waals surface area contributed by atoms with Crippen LogP contribution in [0.4, 0.5) is 0 Å². The van der Waals surface area contributed by atoms with Crippen molar-refractivity contribution in [3.8, 4) is 5.75 Å². The van der Waals surface area contributed by atoms with Crippen LogP contribution in [0.15, 0.2) is 45.8 Å². The highest BCUT2D eigenvalue weighted by atomic mass is 79.9. The molecule has 0 aliphatic heterocycles. The van der Waals surface area contributed by atoms with Gasteiger partial charge in [-0.15, -0.1) is 0 Å². The average molecular weight is 383 g/mol. The molecule has 22 heavy (non-hydrogen) atoms. The van der Waals surface area contributed by atoms with Gasteiger partial charge in [-0.05, 0) is 56.2 Å². The number of rotatable bonds is 4. The number of carbonyl (C=O) groups excluding carboxylic acids is 1. The highest BCUT2D eigenvalue weighted by molar-refractivity contribution is 9.10. The lowest BCUT2D eigenvalue weighted by atomic mass is 10.1. The summed E-state index contributed by atoms with van der Waals surface area (Å²) in [6, 6.07) is 9.41. The Balaban J connectivity index is 2.42. The Bertz CT molecular complexity index is 841. The molecule has 0 amide bonds. The van der Waals surface area contributed by atoms with Gasteiger partial charge in [0.1, 0.15) is 10.6 Å². The summed E-state index contributed by atoms with van der Waals surface area (Å²) in [6.45, 7) is 4.92. The number of hydrogen-bond acceptors (Lipinski definition) is 4. The highest BCUT2D eigenvalue weighted by Gasteiger charge is 2.20. The van der Waals surface area contributed by atoms with E-state index in [1.165, 1.54) is 19.1 Å². The van der Waals surface area contributed by atoms with Crippen LogP contribution in [-0.2, 0) is 10.1 Å². The van der Waals surface area contributed by atoms with Gasteiger partial charge in [0, 0.05) is 10.0 Å². The lowest BCUT2D eigenvalue weighted by Crippen LogP contribution is -2.12. The number of aryl methyl sites for hydroxylation is 2. The van der Waals surface area contributed by atoms with Crippen LogP contribution >= 0.6 is 15.9 Å². The molecule has 0 heterocycles. The highest BCUT2D eigenvalue weighted by Crippen LogP contribution is 2.27.